The van der Waals surface area contributed by atoms with E-state index in [1.54, 1.807) is 11.3 Å². The first-order valence-corrected chi connectivity index (χ1v) is 8.40. The Morgan fingerprint density at radius 1 is 1.33 bits per heavy atom. The quantitative estimate of drug-likeness (QED) is 0.889. The molecule has 0 aromatic carbocycles. The smallest absolute Gasteiger partial charge is 0.114 e. The van der Waals surface area contributed by atoms with Gasteiger partial charge in [-0.3, -0.25) is 4.68 Å². The van der Waals surface area contributed by atoms with E-state index < -0.39 is 0 Å². The molecule has 116 valence electrons. The molecule has 4 nitrogen and oxygen atoms in total. The molecule has 0 amide bonds. The second-order valence-electron chi connectivity index (χ2n) is 6.91. The lowest BCUT2D eigenvalue weighted by Gasteiger charge is -2.14. The summed E-state index contributed by atoms with van der Waals surface area (Å²) in [5, 5.41) is 11.3. The topological polar surface area (TPSA) is 42.7 Å². The zero-order chi connectivity index (χ0) is 15.5. The van der Waals surface area contributed by atoms with Crippen molar-refractivity contribution in [2.45, 2.75) is 53.1 Å². The third-order valence-electron chi connectivity index (χ3n) is 3.17. The lowest BCUT2D eigenvalue weighted by Crippen LogP contribution is -2.19. The van der Waals surface area contributed by atoms with Crippen LogP contribution in [0.4, 0.5) is 0 Å². The molecule has 0 radical (unpaired) electrons. The van der Waals surface area contributed by atoms with Gasteiger partial charge in [0.1, 0.15) is 5.01 Å². The summed E-state index contributed by atoms with van der Waals surface area (Å²) in [6.45, 7) is 13.6. The van der Waals surface area contributed by atoms with Gasteiger partial charge in [0, 0.05) is 23.5 Å². The lowest BCUT2D eigenvalue weighted by molar-refractivity contribution is 0.542. The Hall–Kier alpha value is -1.20. The molecule has 0 saturated heterocycles. The van der Waals surface area contributed by atoms with E-state index in [1.807, 2.05) is 10.9 Å². The van der Waals surface area contributed by atoms with Crippen molar-refractivity contribution in [1.82, 2.24) is 20.1 Å². The molecule has 0 unspecified atom stereocenters. The van der Waals surface area contributed by atoms with Gasteiger partial charge in [-0.25, -0.2) is 4.98 Å². The van der Waals surface area contributed by atoms with Crippen LogP contribution in [0.2, 0.25) is 0 Å². The summed E-state index contributed by atoms with van der Waals surface area (Å²) in [5.74, 6) is 0.665. The molecule has 0 spiro atoms. The van der Waals surface area contributed by atoms with E-state index in [9.17, 15) is 0 Å². The van der Waals surface area contributed by atoms with Crippen molar-refractivity contribution in [2.75, 3.05) is 6.54 Å². The molecule has 0 aliphatic rings. The highest BCUT2D eigenvalue weighted by atomic mass is 32.1. The summed E-state index contributed by atoms with van der Waals surface area (Å²) in [4.78, 5) is 4.71. The Balaban J connectivity index is 1.91. The Morgan fingerprint density at radius 3 is 2.71 bits per heavy atom. The molecule has 1 N–H and O–H groups in total. The summed E-state index contributed by atoms with van der Waals surface area (Å²) in [6, 6.07) is 2.08. The van der Waals surface area contributed by atoms with Crippen LogP contribution in [0.3, 0.4) is 0 Å². The van der Waals surface area contributed by atoms with Crippen LogP contribution in [0, 0.1) is 5.92 Å². The van der Waals surface area contributed by atoms with Crippen molar-refractivity contribution in [3.63, 3.8) is 0 Å². The van der Waals surface area contributed by atoms with E-state index in [4.69, 9.17) is 4.98 Å². The van der Waals surface area contributed by atoms with Gasteiger partial charge in [0.25, 0.3) is 0 Å². The Bertz CT molecular complexity index is 563. The zero-order valence-electron chi connectivity index (χ0n) is 13.7. The highest BCUT2D eigenvalue weighted by Gasteiger charge is 2.17. The summed E-state index contributed by atoms with van der Waals surface area (Å²) in [7, 11) is 0. The fourth-order valence-corrected chi connectivity index (χ4v) is 2.95. The van der Waals surface area contributed by atoms with Crippen LogP contribution in [0.1, 0.15) is 51.0 Å². The standard InChI is InChI=1S/C16H26N4S/c1-12(2)8-17-9-13-6-7-20(19-13)10-15-18-14(11-21-15)16(3,4)5/h6-7,11-12,17H,8-10H2,1-5H3. The second kappa shape index (κ2) is 6.71. The minimum absolute atomic E-state index is 0.116. The first-order valence-electron chi connectivity index (χ1n) is 7.52. The van der Waals surface area contributed by atoms with E-state index in [-0.39, 0.29) is 5.41 Å². The van der Waals surface area contributed by atoms with Gasteiger partial charge < -0.3 is 5.32 Å². The summed E-state index contributed by atoms with van der Waals surface area (Å²) >= 11 is 1.71. The van der Waals surface area contributed by atoms with E-state index >= 15 is 0 Å². The van der Waals surface area contributed by atoms with Crippen LogP contribution in [-0.4, -0.2) is 21.3 Å². The van der Waals surface area contributed by atoms with E-state index in [0.29, 0.717) is 5.92 Å². The van der Waals surface area contributed by atoms with Crippen molar-refractivity contribution in [1.29, 1.82) is 0 Å². The molecular formula is C16H26N4S. The molecular weight excluding hydrogens is 280 g/mol. The van der Waals surface area contributed by atoms with E-state index in [2.05, 4.69) is 56.5 Å². The van der Waals surface area contributed by atoms with Crippen molar-refractivity contribution < 1.29 is 0 Å². The largest absolute Gasteiger partial charge is 0.311 e. The monoisotopic (exact) mass is 306 g/mol. The third-order valence-corrected chi connectivity index (χ3v) is 4.01. The average molecular weight is 306 g/mol. The normalized spacial score (nSPS) is 12.3. The van der Waals surface area contributed by atoms with Crippen LogP contribution in [0.25, 0.3) is 0 Å². The average Bonchev–Trinajstić information content (AvgIpc) is 2.98. The molecule has 0 aliphatic carbocycles. The number of hydrogen-bond donors (Lipinski definition) is 1. The maximum Gasteiger partial charge on any atom is 0.114 e. The first kappa shape index (κ1) is 16.2. The number of aromatic nitrogens is 3. The highest BCUT2D eigenvalue weighted by Crippen LogP contribution is 2.24. The fraction of sp³-hybridized carbons (Fsp3) is 0.625. The maximum atomic E-state index is 4.71. The van der Waals surface area contributed by atoms with Crippen molar-refractivity contribution in [3.05, 3.63) is 34.0 Å². The molecule has 2 rings (SSSR count). The number of thiazole rings is 1. The van der Waals surface area contributed by atoms with Gasteiger partial charge in [-0.2, -0.15) is 5.10 Å². The maximum absolute atomic E-state index is 4.71. The molecule has 2 aromatic rings. The Labute approximate surface area is 131 Å². The molecule has 0 aliphatic heterocycles. The molecule has 0 bridgehead atoms. The molecule has 0 saturated carbocycles. The summed E-state index contributed by atoms with van der Waals surface area (Å²) in [6.07, 6.45) is 2.03. The number of nitrogens with one attached hydrogen (secondary N) is 1. The molecule has 2 aromatic heterocycles. The van der Waals surface area contributed by atoms with E-state index in [0.717, 1.165) is 36.0 Å². The third kappa shape index (κ3) is 4.93. The number of nitrogens with zero attached hydrogens (tertiary/aromatic N) is 3. The minimum atomic E-state index is 0.116. The summed E-state index contributed by atoms with van der Waals surface area (Å²) in [5.41, 5.74) is 2.36. The zero-order valence-corrected chi connectivity index (χ0v) is 14.5. The second-order valence-corrected chi connectivity index (χ2v) is 7.85. The number of hydrogen-bond acceptors (Lipinski definition) is 4. The van der Waals surface area contributed by atoms with Gasteiger partial charge in [-0.15, -0.1) is 11.3 Å². The lowest BCUT2D eigenvalue weighted by atomic mass is 9.93. The van der Waals surface area contributed by atoms with Crippen LogP contribution < -0.4 is 5.32 Å². The van der Waals surface area contributed by atoms with Crippen molar-refractivity contribution in [2.24, 2.45) is 5.92 Å². The Morgan fingerprint density at radius 2 is 2.10 bits per heavy atom. The minimum Gasteiger partial charge on any atom is -0.311 e. The van der Waals surface area contributed by atoms with Gasteiger partial charge in [0.15, 0.2) is 0 Å². The van der Waals surface area contributed by atoms with Crippen molar-refractivity contribution >= 4 is 11.3 Å². The van der Waals surface area contributed by atoms with E-state index in [1.165, 1.54) is 0 Å². The predicted octanol–water partition coefficient (Wildman–Crippen LogP) is 3.43. The Kier molecular flexibility index (Phi) is 5.17. The first-order chi connectivity index (χ1) is 9.84. The van der Waals surface area contributed by atoms with Gasteiger partial charge in [-0.05, 0) is 18.5 Å². The van der Waals surface area contributed by atoms with Gasteiger partial charge in [-0.1, -0.05) is 34.6 Å². The summed E-state index contributed by atoms with van der Waals surface area (Å²) < 4.78 is 1.97. The molecule has 0 fully saturated rings. The molecule has 2 heterocycles. The molecule has 5 heteroatoms. The van der Waals surface area contributed by atoms with Crippen molar-refractivity contribution in [3.8, 4) is 0 Å². The van der Waals surface area contributed by atoms with Gasteiger partial charge >= 0.3 is 0 Å². The SMILES string of the molecule is CC(C)CNCc1ccn(Cc2nc(C(C)(C)C)cs2)n1. The van der Waals surface area contributed by atoms with Gasteiger partial charge in [0.2, 0.25) is 0 Å². The van der Waals surface area contributed by atoms with Crippen LogP contribution in [0.5, 0.6) is 0 Å². The fourth-order valence-electron chi connectivity index (χ4n) is 1.94. The number of rotatable bonds is 6. The highest BCUT2D eigenvalue weighted by molar-refractivity contribution is 7.09. The van der Waals surface area contributed by atoms with Crippen LogP contribution in [-0.2, 0) is 18.5 Å². The predicted molar refractivity (Wildman–Crippen MR) is 88.7 cm³/mol. The molecule has 0 atom stereocenters. The molecule has 21 heavy (non-hydrogen) atoms. The van der Waals surface area contributed by atoms with Gasteiger partial charge in [0.05, 0.1) is 17.9 Å². The van der Waals surface area contributed by atoms with Crippen LogP contribution in [0.15, 0.2) is 17.6 Å². The van der Waals surface area contributed by atoms with Crippen LogP contribution >= 0.6 is 11.3 Å².